The molecule has 0 aromatic carbocycles. The van der Waals surface area contributed by atoms with Gasteiger partial charge >= 0.3 is 11.9 Å². The highest BCUT2D eigenvalue weighted by atomic mass is 35.5. The number of hydrogen-bond acceptors (Lipinski definition) is 5. The molecule has 0 fully saturated rings. The summed E-state index contributed by atoms with van der Waals surface area (Å²) in [5, 5.41) is 0.254. The Labute approximate surface area is 97.3 Å². The Morgan fingerprint density at radius 1 is 1.50 bits per heavy atom. The third-order valence-corrected chi connectivity index (χ3v) is 2.08. The summed E-state index contributed by atoms with van der Waals surface area (Å²) in [4.78, 5) is 25.6. The van der Waals surface area contributed by atoms with Crippen LogP contribution in [0, 0.1) is 0 Å². The molecule has 0 N–H and O–H groups in total. The maximum absolute atomic E-state index is 11.1. The third kappa shape index (κ3) is 3.20. The average Bonchev–Trinajstić information content (AvgIpc) is 2.26. The van der Waals surface area contributed by atoms with Crippen LogP contribution in [0.5, 0.6) is 0 Å². The van der Waals surface area contributed by atoms with Crippen LogP contribution < -0.4 is 0 Å². The lowest BCUT2D eigenvalue weighted by molar-refractivity contribution is -0.142. The van der Waals surface area contributed by atoms with Gasteiger partial charge in [-0.15, -0.1) is 0 Å². The lowest BCUT2D eigenvalue weighted by Crippen LogP contribution is -2.05. The van der Waals surface area contributed by atoms with Gasteiger partial charge in [0.1, 0.15) is 6.61 Å². The van der Waals surface area contributed by atoms with E-state index in [0.717, 1.165) is 0 Å². The van der Waals surface area contributed by atoms with Gasteiger partial charge in [-0.25, -0.2) is 4.79 Å². The Bertz CT molecular complexity index is 419. The molecule has 0 bridgehead atoms. The van der Waals surface area contributed by atoms with Crippen LogP contribution in [0.25, 0.3) is 0 Å². The van der Waals surface area contributed by atoms with Crippen molar-refractivity contribution in [3.8, 4) is 0 Å². The first-order valence-electron chi connectivity index (χ1n) is 4.40. The number of methoxy groups -OCH3 is 1. The smallest absolute Gasteiger partial charge is 0.339 e. The molecule has 0 saturated heterocycles. The Morgan fingerprint density at radius 3 is 2.69 bits per heavy atom. The number of halogens is 1. The number of hydrogen-bond donors (Lipinski definition) is 0. The van der Waals surface area contributed by atoms with Gasteiger partial charge in [0.2, 0.25) is 0 Å². The van der Waals surface area contributed by atoms with Crippen LogP contribution in [0.3, 0.4) is 0 Å². The Kier molecular flexibility index (Phi) is 4.25. The van der Waals surface area contributed by atoms with Crippen molar-refractivity contribution in [2.75, 3.05) is 7.11 Å². The Balaban J connectivity index is 2.83. The molecule has 0 unspecified atom stereocenters. The molecule has 0 saturated carbocycles. The number of carbonyl (C=O) groups excluding carboxylic acids is 2. The summed E-state index contributed by atoms with van der Waals surface area (Å²) in [6.45, 7) is 1.27. The molecule has 0 aliphatic carbocycles. The highest BCUT2D eigenvalue weighted by Gasteiger charge is 2.10. The molecule has 1 aromatic rings. The lowest BCUT2D eigenvalue weighted by atomic mass is 10.2. The Morgan fingerprint density at radius 2 is 2.19 bits per heavy atom. The van der Waals surface area contributed by atoms with E-state index in [4.69, 9.17) is 16.3 Å². The fourth-order valence-corrected chi connectivity index (χ4v) is 1.19. The van der Waals surface area contributed by atoms with Crippen molar-refractivity contribution in [2.45, 2.75) is 13.5 Å². The number of rotatable bonds is 3. The van der Waals surface area contributed by atoms with Gasteiger partial charge < -0.3 is 9.47 Å². The maximum atomic E-state index is 11.1. The van der Waals surface area contributed by atoms with Crippen LogP contribution in [0.4, 0.5) is 0 Å². The first-order valence-corrected chi connectivity index (χ1v) is 4.78. The SMILES string of the molecule is COC(=O)c1cnc(COC(C)=O)c(Cl)c1. The number of nitrogens with zero attached hydrogens (tertiary/aromatic N) is 1. The van der Waals surface area contributed by atoms with E-state index in [2.05, 4.69) is 9.72 Å². The molecule has 0 radical (unpaired) electrons. The minimum absolute atomic E-state index is 0.0182. The highest BCUT2D eigenvalue weighted by molar-refractivity contribution is 6.31. The molecular formula is C10H10ClNO4. The van der Waals surface area contributed by atoms with Crippen molar-refractivity contribution in [3.63, 3.8) is 0 Å². The van der Waals surface area contributed by atoms with Gasteiger partial charge in [-0.1, -0.05) is 11.6 Å². The molecule has 86 valence electrons. The summed E-state index contributed by atoms with van der Waals surface area (Å²) in [6, 6.07) is 1.42. The zero-order valence-corrected chi connectivity index (χ0v) is 9.58. The first-order chi connectivity index (χ1) is 7.54. The van der Waals surface area contributed by atoms with Gasteiger partial charge in [0.25, 0.3) is 0 Å². The van der Waals surface area contributed by atoms with Crippen molar-refractivity contribution in [1.29, 1.82) is 0 Å². The average molecular weight is 244 g/mol. The summed E-state index contributed by atoms with van der Waals surface area (Å²) in [6.07, 6.45) is 1.32. The van der Waals surface area contributed by atoms with Gasteiger partial charge in [-0.05, 0) is 6.07 Å². The fraction of sp³-hybridized carbons (Fsp3) is 0.300. The number of aromatic nitrogens is 1. The second kappa shape index (κ2) is 5.46. The molecular weight excluding hydrogens is 234 g/mol. The molecule has 0 amide bonds. The van der Waals surface area contributed by atoms with Gasteiger partial charge in [0.05, 0.1) is 23.4 Å². The van der Waals surface area contributed by atoms with E-state index in [9.17, 15) is 9.59 Å². The van der Waals surface area contributed by atoms with E-state index in [0.29, 0.717) is 5.69 Å². The normalized spacial score (nSPS) is 9.69. The molecule has 1 rings (SSSR count). The number of ether oxygens (including phenoxy) is 2. The van der Waals surface area contributed by atoms with Crippen LogP contribution in [-0.2, 0) is 20.9 Å². The minimum atomic E-state index is -0.520. The van der Waals surface area contributed by atoms with Crippen LogP contribution in [0.1, 0.15) is 23.0 Å². The summed E-state index contributed by atoms with van der Waals surface area (Å²) in [5.74, 6) is -0.941. The number of carbonyl (C=O) groups is 2. The molecule has 16 heavy (non-hydrogen) atoms. The predicted octanol–water partition coefficient (Wildman–Crippen LogP) is 1.58. The lowest BCUT2D eigenvalue weighted by Gasteiger charge is -2.05. The van der Waals surface area contributed by atoms with Crippen molar-refractivity contribution in [3.05, 3.63) is 28.5 Å². The Hall–Kier alpha value is -1.62. The second-order valence-electron chi connectivity index (χ2n) is 2.92. The van der Waals surface area contributed by atoms with Gasteiger partial charge in [0.15, 0.2) is 0 Å². The molecule has 0 atom stereocenters. The zero-order chi connectivity index (χ0) is 12.1. The van der Waals surface area contributed by atoms with E-state index in [1.807, 2.05) is 0 Å². The van der Waals surface area contributed by atoms with E-state index in [1.165, 1.54) is 26.3 Å². The second-order valence-corrected chi connectivity index (χ2v) is 3.33. The monoisotopic (exact) mass is 243 g/mol. The first kappa shape index (κ1) is 12.4. The third-order valence-electron chi connectivity index (χ3n) is 1.75. The molecule has 6 heteroatoms. The van der Waals surface area contributed by atoms with E-state index in [1.54, 1.807) is 0 Å². The van der Waals surface area contributed by atoms with Gasteiger partial charge in [-0.2, -0.15) is 0 Å². The number of pyridine rings is 1. The predicted molar refractivity (Wildman–Crippen MR) is 56.1 cm³/mol. The van der Waals surface area contributed by atoms with Crippen molar-refractivity contribution in [2.24, 2.45) is 0 Å². The van der Waals surface area contributed by atoms with Crippen molar-refractivity contribution < 1.29 is 19.1 Å². The van der Waals surface area contributed by atoms with Crippen molar-refractivity contribution >= 4 is 23.5 Å². The van der Waals surface area contributed by atoms with E-state index < -0.39 is 11.9 Å². The largest absolute Gasteiger partial charge is 0.465 e. The molecule has 1 heterocycles. The quantitative estimate of drug-likeness (QED) is 0.754. The summed E-state index contributed by atoms with van der Waals surface area (Å²) >= 11 is 5.85. The zero-order valence-electron chi connectivity index (χ0n) is 8.82. The van der Waals surface area contributed by atoms with Gasteiger partial charge in [0, 0.05) is 13.1 Å². The highest BCUT2D eigenvalue weighted by Crippen LogP contribution is 2.16. The summed E-state index contributed by atoms with van der Waals surface area (Å²) in [5.41, 5.74) is 0.642. The molecule has 0 aliphatic rings. The van der Waals surface area contributed by atoms with Crippen LogP contribution >= 0.6 is 11.6 Å². The molecule has 5 nitrogen and oxygen atoms in total. The molecule has 0 aliphatic heterocycles. The van der Waals surface area contributed by atoms with Crippen LogP contribution in [0.2, 0.25) is 5.02 Å². The number of esters is 2. The minimum Gasteiger partial charge on any atom is -0.465 e. The fourth-order valence-electron chi connectivity index (χ4n) is 0.972. The summed E-state index contributed by atoms with van der Waals surface area (Å²) in [7, 11) is 1.27. The van der Waals surface area contributed by atoms with Gasteiger partial charge in [-0.3, -0.25) is 9.78 Å². The van der Waals surface area contributed by atoms with Crippen molar-refractivity contribution in [1.82, 2.24) is 4.98 Å². The van der Waals surface area contributed by atoms with Crippen LogP contribution in [-0.4, -0.2) is 24.0 Å². The topological polar surface area (TPSA) is 65.5 Å². The standard InChI is InChI=1S/C10H10ClNO4/c1-6(13)16-5-9-8(11)3-7(4-12-9)10(14)15-2/h3-4H,5H2,1-2H3. The molecule has 0 spiro atoms. The summed E-state index contributed by atoms with van der Waals surface area (Å²) < 4.78 is 9.24. The van der Waals surface area contributed by atoms with Crippen LogP contribution in [0.15, 0.2) is 12.3 Å². The van der Waals surface area contributed by atoms with E-state index in [-0.39, 0.29) is 17.2 Å². The maximum Gasteiger partial charge on any atom is 0.339 e. The van der Waals surface area contributed by atoms with E-state index >= 15 is 0 Å². The molecule has 1 aromatic heterocycles.